The van der Waals surface area contributed by atoms with Crippen LogP contribution in [-0.2, 0) is 38.4 Å². The maximum absolute atomic E-state index is 13.0. The number of halogens is 2. The SMILES string of the molecule is CC(C)(C)C(=O)[C@@H](NC(=O)C1C[C@@H]1C(=O)c1cnccn1)C(C)(C)C.CC(C)(C)C(=O)[C@@H](NC(=O)[C@@H]1CC1C(=O)c1cnccn1)C(C)(C)C.CC(C)(C)C(=O)[C@@H](NC(=O)[C@@H]1CC1c1ccc(F)cc1)C(C)(C)C.CC(C)(C)C(=O)[C@@H](NC(=O)[C@@H]1CC1c1ccc(F)cc1)C(C)(C)C. The number of carbonyl (C=O) groups excluding carboxylic acids is 10. The second-order valence-corrected chi connectivity index (χ2v) is 35.5. The van der Waals surface area contributed by atoms with Crippen molar-refractivity contribution in [2.45, 2.75) is 228 Å². The normalized spacial score (nSPS) is 21.7. The van der Waals surface area contributed by atoms with E-state index in [2.05, 4.69) is 41.2 Å². The first kappa shape index (κ1) is 81.0. The molecule has 0 bridgehead atoms. The predicted molar refractivity (Wildman–Crippen MR) is 374 cm³/mol. The van der Waals surface area contributed by atoms with E-state index in [9.17, 15) is 56.7 Å². The quantitative estimate of drug-likeness (QED) is 0.0675. The number of Topliss-reactive ketones (excluding diaryl/α,β-unsaturated/α-hetero) is 6. The molecule has 4 amide bonds. The van der Waals surface area contributed by atoms with E-state index < -0.39 is 68.5 Å². The van der Waals surface area contributed by atoms with Crippen LogP contribution >= 0.6 is 0 Å². The molecule has 4 aromatic rings. The average Bonchev–Trinajstić information content (AvgIpc) is 1.64. The molecule has 12 atom stereocenters. The molecule has 536 valence electrons. The van der Waals surface area contributed by atoms with E-state index in [1.54, 1.807) is 24.3 Å². The predicted octanol–water partition coefficient (Wildman–Crippen LogP) is 13.0. The van der Waals surface area contributed by atoms with Gasteiger partial charge >= 0.3 is 0 Å². The molecular weight excluding hydrogens is 1250 g/mol. The highest BCUT2D eigenvalue weighted by molar-refractivity contribution is 6.04. The van der Waals surface area contributed by atoms with Crippen molar-refractivity contribution in [1.82, 2.24) is 41.2 Å². The lowest BCUT2D eigenvalue weighted by molar-refractivity contribution is -0.135. The van der Waals surface area contributed by atoms with Crippen LogP contribution in [0.4, 0.5) is 8.78 Å². The van der Waals surface area contributed by atoms with Gasteiger partial charge in [-0.1, -0.05) is 190 Å². The van der Waals surface area contributed by atoms with E-state index in [0.717, 1.165) is 24.0 Å². The van der Waals surface area contributed by atoms with Gasteiger partial charge in [-0.25, -0.2) is 18.7 Å². The highest BCUT2D eigenvalue weighted by atomic mass is 19.1. The van der Waals surface area contributed by atoms with Gasteiger partial charge in [0.2, 0.25) is 23.6 Å². The van der Waals surface area contributed by atoms with E-state index in [4.69, 9.17) is 0 Å². The van der Waals surface area contributed by atoms with Crippen LogP contribution in [0.2, 0.25) is 0 Å². The number of hydrogen-bond acceptors (Lipinski definition) is 14. The summed E-state index contributed by atoms with van der Waals surface area (Å²) in [6.07, 6.45) is 11.2. The smallest absolute Gasteiger partial charge is 0.224 e. The van der Waals surface area contributed by atoms with E-state index >= 15 is 0 Å². The van der Waals surface area contributed by atoms with E-state index in [0.29, 0.717) is 12.8 Å². The van der Waals surface area contributed by atoms with Gasteiger partial charge in [-0.2, -0.15) is 0 Å². The van der Waals surface area contributed by atoms with Gasteiger partial charge in [-0.3, -0.25) is 57.9 Å². The zero-order valence-corrected chi connectivity index (χ0v) is 62.5. The Morgan fingerprint density at radius 3 is 0.776 bits per heavy atom. The van der Waals surface area contributed by atoms with E-state index in [-0.39, 0.29) is 128 Å². The van der Waals surface area contributed by atoms with Crippen molar-refractivity contribution in [3.05, 3.63) is 120 Å². The van der Waals surface area contributed by atoms with Crippen molar-refractivity contribution >= 4 is 58.3 Å². The minimum atomic E-state index is -0.590. The first-order chi connectivity index (χ1) is 44.7. The fourth-order valence-corrected chi connectivity index (χ4v) is 11.3. The molecule has 18 nitrogen and oxygen atoms in total. The first-order valence-corrected chi connectivity index (χ1v) is 34.2. The van der Waals surface area contributed by atoms with E-state index in [1.807, 2.05) is 166 Å². The lowest BCUT2D eigenvalue weighted by atomic mass is 9.75. The van der Waals surface area contributed by atoms with Crippen LogP contribution in [0.5, 0.6) is 0 Å². The Kier molecular flexibility index (Phi) is 25.5. The number of hydrogen-bond donors (Lipinski definition) is 4. The summed E-state index contributed by atoms with van der Waals surface area (Å²) >= 11 is 0. The van der Waals surface area contributed by atoms with Gasteiger partial charge in [0.25, 0.3) is 0 Å². The largest absolute Gasteiger partial charge is 0.345 e. The number of aromatic nitrogens is 4. The Labute approximate surface area is 580 Å². The molecule has 98 heavy (non-hydrogen) atoms. The Bertz CT molecular complexity index is 3290. The summed E-state index contributed by atoms with van der Waals surface area (Å²) in [7, 11) is 0. The standard InChI is InChI=1S/2C20H28FNO2.2C19H27N3O3/c2*1-19(2,3)16(17(23)20(4,5)6)22-18(24)15-11-14(15)12-7-9-13(21)10-8-12;2*1-18(2,3)15(16(24)19(4,5)6)22-17(25)12-9-11(12)14(23)13-10-20-7-8-21-13/h2*7-10,14-16H,11H2,1-6H3,(H,22,24);2*7-8,10-12,15H,9H2,1-6H3,(H,22,25)/t2*14?,15-,16-;11?,12-,15-;11-,12?,15+/m1110/s1. The molecule has 8 rings (SSSR count). The minimum Gasteiger partial charge on any atom is -0.345 e. The monoisotopic (exact) mass is 1360 g/mol. The molecule has 0 spiro atoms. The highest BCUT2D eigenvalue weighted by Crippen LogP contribution is 2.50. The molecule has 0 radical (unpaired) electrons. The van der Waals surface area contributed by atoms with Crippen LogP contribution in [0.25, 0.3) is 0 Å². The molecule has 4 aliphatic rings. The summed E-state index contributed by atoms with van der Waals surface area (Å²) in [5, 5.41) is 11.7. The number of ketones is 6. The van der Waals surface area contributed by atoms with Crippen LogP contribution in [0.3, 0.4) is 0 Å². The molecule has 4 N–H and O–H groups in total. The second-order valence-electron chi connectivity index (χ2n) is 35.5. The van der Waals surface area contributed by atoms with Crippen LogP contribution in [0, 0.1) is 90.5 Å². The van der Waals surface area contributed by atoms with Gasteiger partial charge in [0, 0.05) is 82.0 Å². The van der Waals surface area contributed by atoms with Gasteiger partial charge in [0.05, 0.1) is 36.6 Å². The average molecular weight is 1360 g/mol. The van der Waals surface area contributed by atoms with Crippen molar-refractivity contribution in [3.63, 3.8) is 0 Å². The Morgan fingerprint density at radius 2 is 0.571 bits per heavy atom. The van der Waals surface area contributed by atoms with Gasteiger partial charge in [0.1, 0.15) is 23.0 Å². The number of carbonyl (C=O) groups is 10. The zero-order valence-electron chi connectivity index (χ0n) is 62.5. The molecule has 2 heterocycles. The molecule has 20 heteroatoms. The summed E-state index contributed by atoms with van der Waals surface area (Å²) in [4.78, 5) is 142. The van der Waals surface area contributed by atoms with Gasteiger partial charge in [0.15, 0.2) is 34.7 Å². The first-order valence-electron chi connectivity index (χ1n) is 34.2. The molecule has 2 aromatic carbocycles. The van der Waals surface area contributed by atoms with Crippen molar-refractivity contribution in [2.24, 2.45) is 78.8 Å². The number of benzene rings is 2. The molecule has 4 unspecified atom stereocenters. The molecule has 2 aromatic heterocycles. The molecule has 0 saturated heterocycles. The maximum atomic E-state index is 13.0. The van der Waals surface area contributed by atoms with E-state index in [1.165, 1.54) is 61.4 Å². The van der Waals surface area contributed by atoms with Crippen LogP contribution in [0.15, 0.2) is 85.7 Å². The van der Waals surface area contributed by atoms with Gasteiger partial charge < -0.3 is 21.3 Å². The summed E-state index contributed by atoms with van der Waals surface area (Å²) < 4.78 is 26.0. The summed E-state index contributed by atoms with van der Waals surface area (Å²) in [5.41, 5.74) is -1.11. The minimum absolute atomic E-state index is 0.00852. The third-order valence-electron chi connectivity index (χ3n) is 18.0. The van der Waals surface area contributed by atoms with Crippen LogP contribution in [0.1, 0.15) is 236 Å². The van der Waals surface area contributed by atoms with Crippen LogP contribution in [-0.4, -0.2) is 102 Å². The lowest BCUT2D eigenvalue weighted by Crippen LogP contribution is -2.53. The summed E-state index contributed by atoms with van der Waals surface area (Å²) in [5.74, 6) is -3.00. The van der Waals surface area contributed by atoms with Crippen LogP contribution < -0.4 is 21.3 Å². The topological polar surface area (TPSA) is 270 Å². The molecule has 4 aliphatic carbocycles. The molecule has 4 saturated carbocycles. The fourth-order valence-electron chi connectivity index (χ4n) is 11.3. The molecular formula is C78H110F2N8O10. The summed E-state index contributed by atoms with van der Waals surface area (Å²) in [6.45, 7) is 45.7. The second kappa shape index (κ2) is 30.9. The van der Waals surface area contributed by atoms with Crippen molar-refractivity contribution in [1.29, 1.82) is 0 Å². The van der Waals surface area contributed by atoms with Crippen molar-refractivity contribution in [2.75, 3.05) is 0 Å². The third kappa shape index (κ3) is 22.7. The molecule has 0 aliphatic heterocycles. The number of rotatable bonds is 18. The van der Waals surface area contributed by atoms with Gasteiger partial charge in [-0.15, -0.1) is 0 Å². The number of nitrogens with zero attached hydrogens (tertiary/aromatic N) is 4. The summed E-state index contributed by atoms with van der Waals surface area (Å²) in [6, 6.07) is 10.4. The Balaban J connectivity index is 0.000000236. The Hall–Kier alpha value is -7.64. The number of amides is 4. The Morgan fingerprint density at radius 1 is 0.337 bits per heavy atom. The lowest BCUT2D eigenvalue weighted by Gasteiger charge is -2.34. The maximum Gasteiger partial charge on any atom is 0.224 e. The third-order valence-corrected chi connectivity index (χ3v) is 18.0. The zero-order chi connectivity index (χ0) is 74.6. The van der Waals surface area contributed by atoms with Crippen molar-refractivity contribution in [3.8, 4) is 0 Å². The van der Waals surface area contributed by atoms with Gasteiger partial charge in [-0.05, 0) is 94.6 Å². The molecule has 4 fully saturated rings. The fraction of sp³-hybridized carbons (Fsp3) is 0.615. The number of nitrogens with one attached hydrogen (secondary N) is 4. The van der Waals surface area contributed by atoms with Crippen molar-refractivity contribution < 1.29 is 56.7 Å². The highest BCUT2D eigenvalue weighted by Gasteiger charge is 2.53.